The molecular weight excluding hydrogens is 290 g/mol. The molecule has 0 fully saturated rings. The van der Waals surface area contributed by atoms with Gasteiger partial charge in [-0.15, -0.1) is 0 Å². The molecule has 5 nitrogen and oxygen atoms in total. The third-order valence-electron chi connectivity index (χ3n) is 3.63. The Bertz CT molecular complexity index is 493. The molecule has 0 radical (unpaired) electrons. The second-order valence-corrected chi connectivity index (χ2v) is 5.82. The number of benzene rings is 1. The Balaban J connectivity index is 2.71. The lowest BCUT2D eigenvalue weighted by Gasteiger charge is -2.21. The van der Waals surface area contributed by atoms with Crippen LogP contribution in [0, 0.1) is 5.92 Å². The molecule has 0 heterocycles. The molecular formula is C18H29N3O2. The second kappa shape index (κ2) is 10.0. The first-order chi connectivity index (χ1) is 11.0. The monoisotopic (exact) mass is 319 g/mol. The summed E-state index contributed by atoms with van der Waals surface area (Å²) in [7, 11) is 1.82. The van der Waals surface area contributed by atoms with Crippen LogP contribution in [0.15, 0.2) is 24.3 Å². The van der Waals surface area contributed by atoms with E-state index >= 15 is 0 Å². The highest BCUT2D eigenvalue weighted by Crippen LogP contribution is 2.13. The Morgan fingerprint density at radius 1 is 1.09 bits per heavy atom. The molecule has 0 saturated heterocycles. The summed E-state index contributed by atoms with van der Waals surface area (Å²) in [4.78, 5) is 26.3. The molecule has 0 bridgehead atoms. The Hall–Kier alpha value is -1.88. The fourth-order valence-corrected chi connectivity index (χ4v) is 2.40. The molecule has 0 aliphatic rings. The van der Waals surface area contributed by atoms with Gasteiger partial charge in [0.05, 0.1) is 0 Å². The molecule has 1 aromatic rings. The van der Waals surface area contributed by atoms with E-state index in [0.717, 1.165) is 25.9 Å². The molecule has 0 aromatic heterocycles. The van der Waals surface area contributed by atoms with Crippen molar-refractivity contribution in [3.05, 3.63) is 29.8 Å². The van der Waals surface area contributed by atoms with Gasteiger partial charge in [0, 0.05) is 36.8 Å². The van der Waals surface area contributed by atoms with Gasteiger partial charge in [-0.2, -0.15) is 0 Å². The van der Waals surface area contributed by atoms with Crippen LogP contribution in [0.2, 0.25) is 0 Å². The van der Waals surface area contributed by atoms with Gasteiger partial charge >= 0.3 is 0 Å². The summed E-state index contributed by atoms with van der Waals surface area (Å²) in [6.07, 6.45) is 1.90. The van der Waals surface area contributed by atoms with Crippen molar-refractivity contribution >= 4 is 17.5 Å². The van der Waals surface area contributed by atoms with E-state index in [1.165, 1.54) is 0 Å². The lowest BCUT2D eigenvalue weighted by atomic mass is 10.1. The minimum absolute atomic E-state index is 0.0305. The van der Waals surface area contributed by atoms with Crippen LogP contribution < -0.4 is 10.6 Å². The van der Waals surface area contributed by atoms with Gasteiger partial charge in [-0.05, 0) is 44.2 Å². The molecule has 0 saturated carbocycles. The molecule has 0 aliphatic carbocycles. The zero-order valence-corrected chi connectivity index (χ0v) is 14.7. The van der Waals surface area contributed by atoms with Crippen molar-refractivity contribution in [2.75, 3.05) is 32.0 Å². The van der Waals surface area contributed by atoms with E-state index in [-0.39, 0.29) is 17.7 Å². The maximum Gasteiger partial charge on any atom is 0.253 e. The number of carbonyl (C=O) groups is 2. The van der Waals surface area contributed by atoms with Crippen LogP contribution in [-0.4, -0.2) is 43.4 Å². The number of nitrogens with one attached hydrogen (secondary N) is 2. The molecule has 1 rings (SSSR count). The maximum atomic E-state index is 12.5. The summed E-state index contributed by atoms with van der Waals surface area (Å²) in [6.45, 7) is 8.18. The number of rotatable bonds is 9. The van der Waals surface area contributed by atoms with Gasteiger partial charge < -0.3 is 15.5 Å². The zero-order valence-electron chi connectivity index (χ0n) is 14.7. The van der Waals surface area contributed by atoms with Gasteiger partial charge in [0.15, 0.2) is 0 Å². The average molecular weight is 319 g/mol. The van der Waals surface area contributed by atoms with E-state index in [1.54, 1.807) is 24.3 Å². The fourth-order valence-electron chi connectivity index (χ4n) is 2.40. The highest BCUT2D eigenvalue weighted by Gasteiger charge is 2.15. The van der Waals surface area contributed by atoms with Crippen molar-refractivity contribution in [2.45, 2.75) is 33.6 Å². The molecule has 23 heavy (non-hydrogen) atoms. The van der Waals surface area contributed by atoms with Crippen LogP contribution in [-0.2, 0) is 4.79 Å². The molecule has 1 atom stereocenters. The first-order valence-electron chi connectivity index (χ1n) is 8.38. The van der Waals surface area contributed by atoms with Crippen molar-refractivity contribution in [3.63, 3.8) is 0 Å². The highest BCUT2D eigenvalue weighted by molar-refractivity contribution is 5.96. The summed E-state index contributed by atoms with van der Waals surface area (Å²) in [6, 6.07) is 7.12. The lowest BCUT2D eigenvalue weighted by Crippen LogP contribution is -2.32. The predicted octanol–water partition coefficient (Wildman–Crippen LogP) is 2.74. The quantitative estimate of drug-likeness (QED) is 0.736. The highest BCUT2D eigenvalue weighted by atomic mass is 16.2. The SMILES string of the molecule is CCCN(CCC)C(=O)c1ccc(NC(=O)C(C)CNC)cc1. The molecule has 1 aromatic carbocycles. The topological polar surface area (TPSA) is 61.4 Å². The first kappa shape index (κ1) is 19.2. The minimum atomic E-state index is -0.106. The van der Waals surface area contributed by atoms with Crippen LogP contribution in [0.25, 0.3) is 0 Å². The predicted molar refractivity (Wildman–Crippen MR) is 94.6 cm³/mol. The Kier molecular flexibility index (Phi) is 8.33. The normalized spacial score (nSPS) is 11.8. The number of carbonyl (C=O) groups excluding carboxylic acids is 2. The minimum Gasteiger partial charge on any atom is -0.339 e. The van der Waals surface area contributed by atoms with E-state index in [9.17, 15) is 9.59 Å². The van der Waals surface area contributed by atoms with Gasteiger partial charge in [-0.1, -0.05) is 20.8 Å². The van der Waals surface area contributed by atoms with Gasteiger partial charge in [0.2, 0.25) is 5.91 Å². The molecule has 2 amide bonds. The third-order valence-corrected chi connectivity index (χ3v) is 3.63. The molecule has 0 aliphatic heterocycles. The summed E-state index contributed by atoms with van der Waals surface area (Å²) >= 11 is 0. The Morgan fingerprint density at radius 3 is 2.13 bits per heavy atom. The van der Waals surface area contributed by atoms with E-state index in [2.05, 4.69) is 24.5 Å². The van der Waals surface area contributed by atoms with Gasteiger partial charge in [0.25, 0.3) is 5.91 Å². The van der Waals surface area contributed by atoms with Crippen molar-refractivity contribution < 1.29 is 9.59 Å². The standard InChI is InChI=1S/C18H29N3O2/c1-5-11-21(12-6-2)18(23)15-7-9-16(10-8-15)20-17(22)14(3)13-19-4/h7-10,14,19H,5-6,11-13H2,1-4H3,(H,20,22). The van der Waals surface area contributed by atoms with Crippen molar-refractivity contribution in [3.8, 4) is 0 Å². The van der Waals surface area contributed by atoms with Gasteiger partial charge in [-0.3, -0.25) is 9.59 Å². The molecule has 128 valence electrons. The van der Waals surface area contributed by atoms with Crippen LogP contribution in [0.1, 0.15) is 44.0 Å². The largest absolute Gasteiger partial charge is 0.339 e. The van der Waals surface area contributed by atoms with Crippen molar-refractivity contribution in [2.24, 2.45) is 5.92 Å². The van der Waals surface area contributed by atoms with Gasteiger partial charge in [-0.25, -0.2) is 0 Å². The lowest BCUT2D eigenvalue weighted by molar-refractivity contribution is -0.119. The summed E-state index contributed by atoms with van der Waals surface area (Å²) < 4.78 is 0. The van der Waals surface area contributed by atoms with Crippen LogP contribution in [0.3, 0.4) is 0 Å². The van der Waals surface area contributed by atoms with E-state index < -0.39 is 0 Å². The van der Waals surface area contributed by atoms with Crippen LogP contribution >= 0.6 is 0 Å². The maximum absolute atomic E-state index is 12.5. The zero-order chi connectivity index (χ0) is 17.2. The number of hydrogen-bond donors (Lipinski definition) is 2. The van der Waals surface area contributed by atoms with Crippen molar-refractivity contribution in [1.82, 2.24) is 10.2 Å². The van der Waals surface area contributed by atoms with E-state index in [4.69, 9.17) is 0 Å². The molecule has 2 N–H and O–H groups in total. The van der Waals surface area contributed by atoms with E-state index in [0.29, 0.717) is 17.8 Å². The molecule has 1 unspecified atom stereocenters. The third kappa shape index (κ3) is 6.02. The fraction of sp³-hybridized carbons (Fsp3) is 0.556. The number of amides is 2. The summed E-state index contributed by atoms with van der Waals surface area (Å²) in [5.74, 6) is -0.0851. The van der Waals surface area contributed by atoms with Crippen LogP contribution in [0.5, 0.6) is 0 Å². The number of hydrogen-bond acceptors (Lipinski definition) is 3. The molecule has 0 spiro atoms. The average Bonchev–Trinajstić information content (AvgIpc) is 2.55. The molecule has 5 heteroatoms. The summed E-state index contributed by atoms with van der Waals surface area (Å²) in [5.41, 5.74) is 1.38. The first-order valence-corrected chi connectivity index (χ1v) is 8.38. The van der Waals surface area contributed by atoms with E-state index in [1.807, 2.05) is 18.9 Å². The Labute approximate surface area is 139 Å². The second-order valence-electron chi connectivity index (χ2n) is 5.82. The van der Waals surface area contributed by atoms with Gasteiger partial charge in [0.1, 0.15) is 0 Å². The number of anilines is 1. The number of nitrogens with zero attached hydrogens (tertiary/aromatic N) is 1. The summed E-state index contributed by atoms with van der Waals surface area (Å²) in [5, 5.41) is 5.85. The Morgan fingerprint density at radius 2 is 1.65 bits per heavy atom. The van der Waals surface area contributed by atoms with Crippen molar-refractivity contribution in [1.29, 1.82) is 0 Å². The smallest absolute Gasteiger partial charge is 0.253 e. The van der Waals surface area contributed by atoms with Crippen LogP contribution in [0.4, 0.5) is 5.69 Å².